The third-order valence-electron chi connectivity index (χ3n) is 2.55. The number of hydrogen-bond acceptors (Lipinski definition) is 2. The van der Waals surface area contributed by atoms with Crippen LogP contribution in [0.25, 0.3) is 0 Å². The Hall–Kier alpha value is -1.02. The first-order chi connectivity index (χ1) is 6.19. The Morgan fingerprint density at radius 1 is 1.69 bits per heavy atom. The Bertz CT molecular complexity index is 251. The van der Waals surface area contributed by atoms with Gasteiger partial charge >= 0.3 is 0 Å². The third kappa shape index (κ3) is 2.22. The minimum atomic E-state index is 0.688. The van der Waals surface area contributed by atoms with Crippen LogP contribution >= 0.6 is 0 Å². The highest BCUT2D eigenvalue weighted by Gasteiger charge is 2.16. The Morgan fingerprint density at radius 3 is 2.85 bits per heavy atom. The third-order valence-corrected chi connectivity index (χ3v) is 2.55. The summed E-state index contributed by atoms with van der Waals surface area (Å²) in [6.07, 6.45) is 2.95. The summed E-state index contributed by atoms with van der Waals surface area (Å²) in [5, 5.41) is 0. The monoisotopic (exact) mass is 178 g/mol. The number of rotatable bonds is 3. The van der Waals surface area contributed by atoms with Gasteiger partial charge < -0.3 is 5.73 Å². The predicted octanol–water partition coefficient (Wildman–Crippen LogP) is 1.67. The van der Waals surface area contributed by atoms with Gasteiger partial charge in [0.05, 0.1) is 0 Å². The second kappa shape index (κ2) is 4.28. The largest absolute Gasteiger partial charge is 0.399 e. The molecule has 0 aromatic carbocycles. The minimum absolute atomic E-state index is 0.688. The van der Waals surface area contributed by atoms with Crippen LogP contribution in [0.2, 0.25) is 0 Å². The summed E-state index contributed by atoms with van der Waals surface area (Å²) in [5.74, 6) is 0. The van der Waals surface area contributed by atoms with Crippen molar-refractivity contribution in [3.8, 4) is 0 Å². The molecule has 2 heteroatoms. The van der Waals surface area contributed by atoms with Crippen LogP contribution in [-0.2, 0) is 0 Å². The molecule has 0 aromatic heterocycles. The lowest BCUT2D eigenvalue weighted by atomic mass is 9.98. The Labute approximate surface area is 80.4 Å². The first-order valence-electron chi connectivity index (χ1n) is 4.70. The van der Waals surface area contributed by atoms with E-state index in [-0.39, 0.29) is 0 Å². The fourth-order valence-electron chi connectivity index (χ4n) is 1.64. The SMILES string of the molecule is C=CC1=C(C(=C)N)CN(CC)CC1. The lowest BCUT2D eigenvalue weighted by Gasteiger charge is -2.28. The molecule has 0 fully saturated rings. The fourth-order valence-corrected chi connectivity index (χ4v) is 1.64. The predicted molar refractivity (Wildman–Crippen MR) is 57.3 cm³/mol. The van der Waals surface area contributed by atoms with Gasteiger partial charge in [0.1, 0.15) is 0 Å². The fraction of sp³-hybridized carbons (Fsp3) is 0.455. The maximum atomic E-state index is 5.72. The maximum Gasteiger partial charge on any atom is 0.0289 e. The normalized spacial score (nSPS) is 18.8. The Balaban J connectivity index is 2.86. The molecule has 0 aliphatic carbocycles. The van der Waals surface area contributed by atoms with Crippen LogP contribution in [0.4, 0.5) is 0 Å². The van der Waals surface area contributed by atoms with Gasteiger partial charge in [-0.1, -0.05) is 26.2 Å². The average Bonchev–Trinajstić information content (AvgIpc) is 2.16. The van der Waals surface area contributed by atoms with Crippen LogP contribution in [0.5, 0.6) is 0 Å². The molecule has 13 heavy (non-hydrogen) atoms. The number of nitrogens with two attached hydrogens (primary N) is 1. The number of allylic oxidation sites excluding steroid dienone is 1. The van der Waals surface area contributed by atoms with Crippen molar-refractivity contribution < 1.29 is 0 Å². The second-order valence-corrected chi connectivity index (χ2v) is 3.35. The van der Waals surface area contributed by atoms with E-state index in [9.17, 15) is 0 Å². The molecule has 0 amide bonds. The lowest BCUT2D eigenvalue weighted by molar-refractivity contribution is 0.304. The number of nitrogens with zero attached hydrogens (tertiary/aromatic N) is 1. The van der Waals surface area contributed by atoms with Gasteiger partial charge in [-0.05, 0) is 24.1 Å². The van der Waals surface area contributed by atoms with Crippen molar-refractivity contribution >= 4 is 0 Å². The van der Waals surface area contributed by atoms with Crippen molar-refractivity contribution in [2.75, 3.05) is 19.6 Å². The first-order valence-corrected chi connectivity index (χ1v) is 4.70. The molecule has 0 atom stereocenters. The maximum absolute atomic E-state index is 5.72. The topological polar surface area (TPSA) is 29.3 Å². The highest BCUT2D eigenvalue weighted by atomic mass is 15.1. The molecule has 0 unspecified atom stereocenters. The van der Waals surface area contributed by atoms with Crippen LogP contribution in [0.15, 0.2) is 36.1 Å². The molecule has 1 rings (SSSR count). The van der Waals surface area contributed by atoms with Crippen LogP contribution < -0.4 is 5.73 Å². The van der Waals surface area contributed by atoms with Gasteiger partial charge in [0.2, 0.25) is 0 Å². The van der Waals surface area contributed by atoms with E-state index in [0.717, 1.165) is 26.1 Å². The van der Waals surface area contributed by atoms with Crippen molar-refractivity contribution in [2.45, 2.75) is 13.3 Å². The summed E-state index contributed by atoms with van der Waals surface area (Å²) in [7, 11) is 0. The van der Waals surface area contributed by atoms with E-state index in [2.05, 4.69) is 25.0 Å². The van der Waals surface area contributed by atoms with E-state index < -0.39 is 0 Å². The van der Waals surface area contributed by atoms with Crippen LogP contribution in [-0.4, -0.2) is 24.5 Å². The van der Waals surface area contributed by atoms with Gasteiger partial charge in [-0.25, -0.2) is 0 Å². The Kier molecular flexibility index (Phi) is 3.32. The molecule has 0 saturated heterocycles. The molecular formula is C11H18N2. The van der Waals surface area contributed by atoms with E-state index in [1.807, 2.05) is 6.08 Å². The molecule has 2 N–H and O–H groups in total. The summed E-state index contributed by atoms with van der Waals surface area (Å²) in [6, 6.07) is 0. The van der Waals surface area contributed by atoms with Gasteiger partial charge in [-0.15, -0.1) is 0 Å². The molecule has 0 spiro atoms. The summed E-state index contributed by atoms with van der Waals surface area (Å²) in [4.78, 5) is 2.36. The molecule has 1 aliphatic heterocycles. The minimum Gasteiger partial charge on any atom is -0.399 e. The molecule has 0 bridgehead atoms. The number of likely N-dealkylation sites (N-methyl/N-ethyl adjacent to an activating group) is 1. The smallest absolute Gasteiger partial charge is 0.0289 e. The van der Waals surface area contributed by atoms with Gasteiger partial charge in [-0.3, -0.25) is 4.90 Å². The molecule has 72 valence electrons. The van der Waals surface area contributed by atoms with Gasteiger partial charge in [0, 0.05) is 18.8 Å². The van der Waals surface area contributed by atoms with E-state index in [0.29, 0.717) is 5.70 Å². The molecule has 2 nitrogen and oxygen atoms in total. The average molecular weight is 178 g/mol. The van der Waals surface area contributed by atoms with Crippen LogP contribution in [0.3, 0.4) is 0 Å². The van der Waals surface area contributed by atoms with Crippen molar-refractivity contribution in [3.63, 3.8) is 0 Å². The zero-order valence-corrected chi connectivity index (χ0v) is 8.34. The molecule has 0 radical (unpaired) electrons. The van der Waals surface area contributed by atoms with Crippen LogP contribution in [0.1, 0.15) is 13.3 Å². The van der Waals surface area contributed by atoms with E-state index in [1.54, 1.807) is 0 Å². The summed E-state index contributed by atoms with van der Waals surface area (Å²) >= 11 is 0. The van der Waals surface area contributed by atoms with E-state index in [1.165, 1.54) is 11.1 Å². The van der Waals surface area contributed by atoms with Gasteiger partial charge in [0.15, 0.2) is 0 Å². The van der Waals surface area contributed by atoms with Gasteiger partial charge in [-0.2, -0.15) is 0 Å². The van der Waals surface area contributed by atoms with Crippen molar-refractivity contribution in [3.05, 3.63) is 36.1 Å². The zero-order chi connectivity index (χ0) is 9.84. The zero-order valence-electron chi connectivity index (χ0n) is 8.34. The second-order valence-electron chi connectivity index (χ2n) is 3.35. The first kappa shape index (κ1) is 10.1. The molecular weight excluding hydrogens is 160 g/mol. The summed E-state index contributed by atoms with van der Waals surface area (Å²) < 4.78 is 0. The quantitative estimate of drug-likeness (QED) is 0.712. The molecule has 0 aromatic rings. The highest BCUT2D eigenvalue weighted by Crippen LogP contribution is 2.21. The van der Waals surface area contributed by atoms with Gasteiger partial charge in [0.25, 0.3) is 0 Å². The van der Waals surface area contributed by atoms with Crippen LogP contribution in [0, 0.1) is 0 Å². The van der Waals surface area contributed by atoms with Crippen molar-refractivity contribution in [2.24, 2.45) is 5.73 Å². The lowest BCUT2D eigenvalue weighted by Crippen LogP contribution is -2.32. The van der Waals surface area contributed by atoms with Crippen molar-refractivity contribution in [1.29, 1.82) is 0 Å². The number of hydrogen-bond donors (Lipinski definition) is 1. The Morgan fingerprint density at radius 2 is 2.38 bits per heavy atom. The summed E-state index contributed by atoms with van der Waals surface area (Å²) in [5.41, 5.74) is 8.84. The standard InChI is InChI=1S/C11H18N2/c1-4-10-6-7-13(5-2)8-11(10)9(3)12/h4H,1,3,5-8,12H2,2H3. The summed E-state index contributed by atoms with van der Waals surface area (Å²) in [6.45, 7) is 12.8. The molecule has 1 aliphatic rings. The van der Waals surface area contributed by atoms with Crippen molar-refractivity contribution in [1.82, 2.24) is 4.90 Å². The molecule has 0 saturated carbocycles. The van der Waals surface area contributed by atoms with E-state index >= 15 is 0 Å². The highest BCUT2D eigenvalue weighted by molar-refractivity contribution is 5.39. The van der Waals surface area contributed by atoms with E-state index in [4.69, 9.17) is 5.73 Å². The molecule has 1 heterocycles.